The summed E-state index contributed by atoms with van der Waals surface area (Å²) in [4.78, 5) is 16.6. The van der Waals surface area contributed by atoms with E-state index in [0.717, 1.165) is 22.1 Å². The van der Waals surface area contributed by atoms with E-state index in [1.54, 1.807) is 0 Å². The Kier molecular flexibility index (Phi) is 4.01. The molecule has 0 spiro atoms. The molecule has 0 fully saturated rings. The van der Waals surface area contributed by atoms with Crippen LogP contribution < -0.4 is 0 Å². The van der Waals surface area contributed by atoms with Crippen molar-refractivity contribution < 1.29 is 18.5 Å². The minimum Gasteiger partial charge on any atom is -0.450 e. The summed E-state index contributed by atoms with van der Waals surface area (Å²) in [5, 5.41) is 4.84. The van der Waals surface area contributed by atoms with Gasteiger partial charge in [-0.15, -0.1) is 0 Å². The molecule has 2 heterocycles. The van der Waals surface area contributed by atoms with Gasteiger partial charge < -0.3 is 13.7 Å². The van der Waals surface area contributed by atoms with E-state index in [1.807, 2.05) is 62.4 Å². The molecule has 2 aromatic heterocycles. The van der Waals surface area contributed by atoms with Crippen molar-refractivity contribution in [3.8, 4) is 11.4 Å². The second-order valence-electron chi connectivity index (χ2n) is 5.96. The Morgan fingerprint density at radius 1 is 1.08 bits per heavy atom. The van der Waals surface area contributed by atoms with Crippen LogP contribution in [0.5, 0.6) is 0 Å². The Morgan fingerprint density at radius 3 is 2.65 bits per heavy atom. The van der Waals surface area contributed by atoms with Crippen LogP contribution in [0.1, 0.15) is 27.6 Å². The number of ether oxygens (including phenoxy) is 1. The molecule has 130 valence electrons. The summed E-state index contributed by atoms with van der Waals surface area (Å²) in [5.41, 5.74) is 3.31. The van der Waals surface area contributed by atoms with Crippen LogP contribution >= 0.6 is 0 Å². The number of rotatable bonds is 4. The summed E-state index contributed by atoms with van der Waals surface area (Å²) in [5.74, 6) is 0.318. The smallest absolute Gasteiger partial charge is 0.375 e. The molecule has 26 heavy (non-hydrogen) atoms. The van der Waals surface area contributed by atoms with Gasteiger partial charge in [-0.25, -0.2) is 4.79 Å². The number of fused-ring (bicyclic) bond motifs is 1. The number of para-hydroxylation sites is 1. The summed E-state index contributed by atoms with van der Waals surface area (Å²) in [6, 6.07) is 15.2. The quantitative estimate of drug-likeness (QED) is 0.507. The molecule has 0 amide bonds. The van der Waals surface area contributed by atoms with Gasteiger partial charge in [-0.05, 0) is 25.5 Å². The molecule has 2 aromatic carbocycles. The second kappa shape index (κ2) is 6.48. The van der Waals surface area contributed by atoms with Crippen molar-refractivity contribution in [3.63, 3.8) is 0 Å². The third-order valence-corrected chi connectivity index (χ3v) is 4.21. The van der Waals surface area contributed by atoms with Gasteiger partial charge in [0.2, 0.25) is 11.6 Å². The van der Waals surface area contributed by atoms with Crippen LogP contribution in [0, 0.1) is 13.8 Å². The zero-order chi connectivity index (χ0) is 18.1. The molecule has 4 rings (SSSR count). The minimum absolute atomic E-state index is 0.117. The van der Waals surface area contributed by atoms with E-state index in [0.29, 0.717) is 11.4 Å². The molecule has 0 N–H and O–H groups in total. The van der Waals surface area contributed by atoms with E-state index in [2.05, 4.69) is 10.1 Å². The lowest BCUT2D eigenvalue weighted by Gasteiger charge is -2.00. The van der Waals surface area contributed by atoms with E-state index in [9.17, 15) is 4.79 Å². The van der Waals surface area contributed by atoms with Crippen LogP contribution in [0.3, 0.4) is 0 Å². The molecular weight excluding hydrogens is 332 g/mol. The first kappa shape index (κ1) is 16.1. The van der Waals surface area contributed by atoms with Crippen molar-refractivity contribution in [3.05, 3.63) is 71.3 Å². The first-order valence-electron chi connectivity index (χ1n) is 8.17. The molecule has 0 bridgehead atoms. The molecular formula is C20H16N2O4. The maximum absolute atomic E-state index is 12.3. The Morgan fingerprint density at radius 2 is 1.85 bits per heavy atom. The van der Waals surface area contributed by atoms with Gasteiger partial charge in [0.25, 0.3) is 5.89 Å². The topological polar surface area (TPSA) is 78.4 Å². The number of carbonyl (C=O) groups is 1. The van der Waals surface area contributed by atoms with E-state index in [4.69, 9.17) is 13.7 Å². The molecule has 0 unspecified atom stereocenters. The summed E-state index contributed by atoms with van der Waals surface area (Å²) in [6.07, 6.45) is 0. The summed E-state index contributed by atoms with van der Waals surface area (Å²) < 4.78 is 16.1. The number of furan rings is 1. The van der Waals surface area contributed by atoms with Gasteiger partial charge >= 0.3 is 5.97 Å². The molecule has 0 saturated heterocycles. The highest BCUT2D eigenvalue weighted by Crippen LogP contribution is 2.26. The molecule has 0 aliphatic heterocycles. The Labute approximate surface area is 149 Å². The summed E-state index contributed by atoms with van der Waals surface area (Å²) in [6.45, 7) is 3.68. The highest BCUT2D eigenvalue weighted by molar-refractivity contribution is 5.95. The summed E-state index contributed by atoms with van der Waals surface area (Å²) in [7, 11) is 0. The minimum atomic E-state index is -0.561. The normalized spacial score (nSPS) is 11.0. The predicted octanol–water partition coefficient (Wildman–Crippen LogP) is 4.46. The van der Waals surface area contributed by atoms with Crippen LogP contribution in [0.2, 0.25) is 0 Å². The van der Waals surface area contributed by atoms with Crippen LogP contribution in [0.25, 0.3) is 22.4 Å². The van der Waals surface area contributed by atoms with Crippen molar-refractivity contribution in [1.29, 1.82) is 0 Å². The standard InChI is InChI=1S/C20H16N2O4/c1-12-7-3-4-8-14(12)19-21-17(26-22-19)11-24-20(23)18-13(2)15-9-5-6-10-16(15)25-18/h3-10H,11H2,1-2H3. The molecule has 0 saturated carbocycles. The lowest BCUT2D eigenvalue weighted by molar-refractivity contribution is 0.0395. The van der Waals surface area contributed by atoms with Crippen molar-refractivity contribution in [2.45, 2.75) is 20.5 Å². The maximum atomic E-state index is 12.3. The number of hydrogen-bond acceptors (Lipinski definition) is 6. The number of esters is 1. The van der Waals surface area contributed by atoms with E-state index >= 15 is 0 Å². The largest absolute Gasteiger partial charge is 0.450 e. The average molecular weight is 348 g/mol. The number of nitrogens with zero attached hydrogens (tertiary/aromatic N) is 2. The number of aromatic nitrogens is 2. The van der Waals surface area contributed by atoms with Gasteiger partial charge in [-0.3, -0.25) is 0 Å². The number of carbonyl (C=O) groups excluding carboxylic acids is 1. The fraction of sp³-hybridized carbons (Fsp3) is 0.150. The van der Waals surface area contributed by atoms with E-state index < -0.39 is 5.97 Å². The highest BCUT2D eigenvalue weighted by atomic mass is 16.6. The molecule has 0 radical (unpaired) electrons. The molecule has 6 nitrogen and oxygen atoms in total. The fourth-order valence-electron chi connectivity index (χ4n) is 2.81. The third-order valence-electron chi connectivity index (χ3n) is 4.21. The van der Waals surface area contributed by atoms with Crippen LogP contribution in [0.4, 0.5) is 0 Å². The average Bonchev–Trinajstić information content (AvgIpc) is 3.25. The first-order chi connectivity index (χ1) is 12.6. The lowest BCUT2D eigenvalue weighted by atomic mass is 10.1. The highest BCUT2D eigenvalue weighted by Gasteiger charge is 2.20. The first-order valence-corrected chi connectivity index (χ1v) is 8.17. The molecule has 6 heteroatoms. The number of benzene rings is 2. The fourth-order valence-corrected chi connectivity index (χ4v) is 2.81. The molecule has 0 aliphatic rings. The number of hydrogen-bond donors (Lipinski definition) is 0. The lowest BCUT2D eigenvalue weighted by Crippen LogP contribution is -2.05. The zero-order valence-electron chi connectivity index (χ0n) is 14.4. The van der Waals surface area contributed by atoms with Crippen LogP contribution in [-0.4, -0.2) is 16.1 Å². The molecule has 0 atom stereocenters. The van der Waals surface area contributed by atoms with Crippen molar-refractivity contribution in [2.24, 2.45) is 0 Å². The van der Waals surface area contributed by atoms with E-state index in [1.165, 1.54) is 0 Å². The van der Waals surface area contributed by atoms with Gasteiger partial charge in [0.1, 0.15) is 5.58 Å². The number of aryl methyl sites for hydroxylation is 2. The monoisotopic (exact) mass is 348 g/mol. The van der Waals surface area contributed by atoms with Gasteiger partial charge in [0.05, 0.1) is 0 Å². The third kappa shape index (κ3) is 2.86. The van der Waals surface area contributed by atoms with Crippen LogP contribution in [-0.2, 0) is 11.3 Å². The maximum Gasteiger partial charge on any atom is 0.375 e. The van der Waals surface area contributed by atoms with Gasteiger partial charge in [0, 0.05) is 16.5 Å². The SMILES string of the molecule is Cc1ccccc1-c1noc(COC(=O)c2oc3ccccc3c2C)n1. The van der Waals surface area contributed by atoms with Crippen molar-refractivity contribution >= 4 is 16.9 Å². The predicted molar refractivity (Wildman–Crippen MR) is 94.5 cm³/mol. The van der Waals surface area contributed by atoms with Gasteiger partial charge in [0.15, 0.2) is 6.61 Å². The second-order valence-corrected chi connectivity index (χ2v) is 5.96. The van der Waals surface area contributed by atoms with Gasteiger partial charge in [-0.1, -0.05) is 47.6 Å². The Bertz CT molecular complexity index is 1090. The van der Waals surface area contributed by atoms with Gasteiger partial charge in [-0.2, -0.15) is 4.98 Å². The van der Waals surface area contributed by atoms with Crippen molar-refractivity contribution in [1.82, 2.24) is 10.1 Å². The van der Waals surface area contributed by atoms with Crippen LogP contribution in [0.15, 0.2) is 57.5 Å². The Hall–Kier alpha value is -3.41. The zero-order valence-corrected chi connectivity index (χ0v) is 14.4. The Balaban J connectivity index is 1.50. The summed E-state index contributed by atoms with van der Waals surface area (Å²) >= 11 is 0. The molecule has 4 aromatic rings. The van der Waals surface area contributed by atoms with Crippen molar-refractivity contribution in [2.75, 3.05) is 0 Å². The molecule has 0 aliphatic carbocycles. The van der Waals surface area contributed by atoms with E-state index in [-0.39, 0.29) is 18.3 Å².